The van der Waals surface area contributed by atoms with E-state index in [4.69, 9.17) is 4.42 Å². The van der Waals surface area contributed by atoms with E-state index in [1.807, 2.05) is 0 Å². The van der Waals surface area contributed by atoms with E-state index in [2.05, 4.69) is 28.1 Å². The van der Waals surface area contributed by atoms with Crippen molar-refractivity contribution in [2.75, 3.05) is 26.2 Å². The molecule has 4 rings (SSSR count). The maximum absolute atomic E-state index is 5.90. The molecule has 0 aromatic carbocycles. The Morgan fingerprint density at radius 1 is 1.14 bits per heavy atom. The Labute approximate surface area is 127 Å². The molecule has 3 aliphatic rings. The molecule has 1 N–H and O–H groups in total. The van der Waals surface area contributed by atoms with Crippen LogP contribution in [0, 0.1) is 6.92 Å². The zero-order chi connectivity index (χ0) is 14.2. The van der Waals surface area contributed by atoms with Gasteiger partial charge in [-0.1, -0.05) is 0 Å². The van der Waals surface area contributed by atoms with Crippen LogP contribution in [0.2, 0.25) is 0 Å². The molecule has 1 aromatic rings. The molecule has 0 spiro atoms. The van der Waals surface area contributed by atoms with Crippen molar-refractivity contribution in [2.45, 2.75) is 57.8 Å². The van der Waals surface area contributed by atoms with Crippen molar-refractivity contribution >= 4 is 0 Å². The largest absolute Gasteiger partial charge is 0.465 e. The monoisotopic (exact) mass is 289 g/mol. The molecule has 2 heterocycles. The molecule has 2 saturated carbocycles. The van der Waals surface area contributed by atoms with Crippen molar-refractivity contribution < 1.29 is 4.42 Å². The van der Waals surface area contributed by atoms with E-state index in [1.165, 1.54) is 57.4 Å². The first kappa shape index (κ1) is 13.8. The summed E-state index contributed by atoms with van der Waals surface area (Å²) in [6.45, 7) is 8.96. The van der Waals surface area contributed by atoms with Gasteiger partial charge in [-0.2, -0.15) is 0 Å². The molecule has 2 aliphatic carbocycles. The SMILES string of the molecule is Cc1oc(CNC2CC2)cc1CN1CCN(C2CC2)CC1. The van der Waals surface area contributed by atoms with Crippen molar-refractivity contribution in [3.8, 4) is 0 Å². The van der Waals surface area contributed by atoms with Crippen LogP contribution >= 0.6 is 0 Å². The Bertz CT molecular complexity index is 482. The minimum Gasteiger partial charge on any atom is -0.465 e. The highest BCUT2D eigenvalue weighted by molar-refractivity contribution is 5.21. The summed E-state index contributed by atoms with van der Waals surface area (Å²) < 4.78 is 5.90. The van der Waals surface area contributed by atoms with Gasteiger partial charge in [0.05, 0.1) is 6.54 Å². The fourth-order valence-electron chi connectivity index (χ4n) is 3.33. The van der Waals surface area contributed by atoms with Crippen LogP contribution in [0.25, 0.3) is 0 Å². The molecular weight excluding hydrogens is 262 g/mol. The first-order chi connectivity index (χ1) is 10.3. The first-order valence-corrected chi connectivity index (χ1v) is 8.56. The number of piperazine rings is 1. The van der Waals surface area contributed by atoms with Crippen LogP contribution in [0.5, 0.6) is 0 Å². The van der Waals surface area contributed by atoms with Gasteiger partial charge in [-0.05, 0) is 38.7 Å². The van der Waals surface area contributed by atoms with E-state index in [0.29, 0.717) is 0 Å². The fourth-order valence-corrected chi connectivity index (χ4v) is 3.33. The summed E-state index contributed by atoms with van der Waals surface area (Å²) in [5.74, 6) is 2.21. The van der Waals surface area contributed by atoms with E-state index in [1.54, 1.807) is 0 Å². The lowest BCUT2D eigenvalue weighted by atomic mass is 10.2. The molecule has 3 fully saturated rings. The number of rotatable bonds is 6. The molecule has 21 heavy (non-hydrogen) atoms. The number of hydrogen-bond donors (Lipinski definition) is 1. The second kappa shape index (κ2) is 5.75. The molecule has 116 valence electrons. The van der Waals surface area contributed by atoms with E-state index >= 15 is 0 Å². The Balaban J connectivity index is 1.29. The fraction of sp³-hybridized carbons (Fsp3) is 0.765. The maximum Gasteiger partial charge on any atom is 0.118 e. The standard InChI is InChI=1S/C17H27N3O/c1-13-14(10-17(21-13)11-18-15-2-3-15)12-19-6-8-20(9-7-19)16-4-5-16/h10,15-16,18H,2-9,11-12H2,1H3. The van der Waals surface area contributed by atoms with E-state index in [-0.39, 0.29) is 0 Å². The molecule has 4 nitrogen and oxygen atoms in total. The Morgan fingerprint density at radius 2 is 1.90 bits per heavy atom. The van der Waals surface area contributed by atoms with Crippen LogP contribution in [0.15, 0.2) is 10.5 Å². The van der Waals surface area contributed by atoms with E-state index in [9.17, 15) is 0 Å². The lowest BCUT2D eigenvalue weighted by molar-refractivity contribution is 0.121. The molecule has 1 saturated heterocycles. The lowest BCUT2D eigenvalue weighted by Crippen LogP contribution is -2.46. The second-order valence-corrected chi connectivity index (χ2v) is 6.99. The highest BCUT2D eigenvalue weighted by Gasteiger charge is 2.31. The minimum atomic E-state index is 0.745. The Morgan fingerprint density at radius 3 is 2.57 bits per heavy atom. The summed E-state index contributed by atoms with van der Waals surface area (Å²) >= 11 is 0. The highest BCUT2D eigenvalue weighted by Crippen LogP contribution is 2.28. The topological polar surface area (TPSA) is 31.7 Å². The van der Waals surface area contributed by atoms with Crippen LogP contribution in [-0.4, -0.2) is 48.1 Å². The summed E-state index contributed by atoms with van der Waals surface area (Å²) in [6, 6.07) is 3.93. The van der Waals surface area contributed by atoms with Gasteiger partial charge in [-0.15, -0.1) is 0 Å². The third-order valence-corrected chi connectivity index (χ3v) is 5.08. The summed E-state index contributed by atoms with van der Waals surface area (Å²) in [4.78, 5) is 5.25. The summed E-state index contributed by atoms with van der Waals surface area (Å²) in [6.07, 6.45) is 5.52. The normalized spacial score (nSPS) is 24.6. The highest BCUT2D eigenvalue weighted by atomic mass is 16.3. The maximum atomic E-state index is 5.90. The van der Waals surface area contributed by atoms with Crippen LogP contribution in [-0.2, 0) is 13.1 Å². The predicted octanol–water partition coefficient (Wildman–Crippen LogP) is 2.12. The van der Waals surface area contributed by atoms with Crippen LogP contribution < -0.4 is 5.32 Å². The molecule has 0 amide bonds. The number of hydrogen-bond acceptors (Lipinski definition) is 4. The third-order valence-electron chi connectivity index (χ3n) is 5.08. The molecule has 0 bridgehead atoms. The van der Waals surface area contributed by atoms with Crippen molar-refractivity contribution in [1.29, 1.82) is 0 Å². The minimum absolute atomic E-state index is 0.745. The average molecular weight is 289 g/mol. The van der Waals surface area contributed by atoms with Gasteiger partial charge in [-0.25, -0.2) is 0 Å². The Hall–Kier alpha value is -0.840. The molecule has 4 heteroatoms. The van der Waals surface area contributed by atoms with Crippen LogP contribution in [0.1, 0.15) is 42.8 Å². The summed E-state index contributed by atoms with van der Waals surface area (Å²) in [7, 11) is 0. The van der Waals surface area contributed by atoms with Crippen molar-refractivity contribution in [3.05, 3.63) is 23.2 Å². The number of nitrogens with zero attached hydrogens (tertiary/aromatic N) is 2. The predicted molar refractivity (Wildman–Crippen MR) is 83.2 cm³/mol. The Kier molecular flexibility index (Phi) is 3.78. The number of aryl methyl sites for hydroxylation is 1. The van der Waals surface area contributed by atoms with Crippen LogP contribution in [0.4, 0.5) is 0 Å². The molecule has 0 radical (unpaired) electrons. The molecule has 1 aliphatic heterocycles. The second-order valence-electron chi connectivity index (χ2n) is 6.99. The first-order valence-electron chi connectivity index (χ1n) is 8.56. The number of furan rings is 1. The van der Waals surface area contributed by atoms with Gasteiger partial charge < -0.3 is 9.73 Å². The lowest BCUT2D eigenvalue weighted by Gasteiger charge is -2.34. The summed E-state index contributed by atoms with van der Waals surface area (Å²) in [5.41, 5.74) is 1.38. The van der Waals surface area contributed by atoms with Gasteiger partial charge in [0.1, 0.15) is 11.5 Å². The van der Waals surface area contributed by atoms with Crippen molar-refractivity contribution in [2.24, 2.45) is 0 Å². The smallest absolute Gasteiger partial charge is 0.118 e. The van der Waals surface area contributed by atoms with Gasteiger partial charge in [-0.3, -0.25) is 9.80 Å². The zero-order valence-corrected chi connectivity index (χ0v) is 13.1. The average Bonchev–Trinajstić information content (AvgIpc) is 3.38. The van der Waals surface area contributed by atoms with E-state index in [0.717, 1.165) is 36.7 Å². The third kappa shape index (κ3) is 3.50. The molecule has 0 unspecified atom stereocenters. The van der Waals surface area contributed by atoms with Gasteiger partial charge >= 0.3 is 0 Å². The molecular formula is C17H27N3O. The van der Waals surface area contributed by atoms with E-state index < -0.39 is 0 Å². The van der Waals surface area contributed by atoms with Gasteiger partial charge in [0.2, 0.25) is 0 Å². The van der Waals surface area contributed by atoms with Crippen molar-refractivity contribution in [3.63, 3.8) is 0 Å². The molecule has 0 atom stereocenters. The zero-order valence-electron chi connectivity index (χ0n) is 13.1. The van der Waals surface area contributed by atoms with Crippen molar-refractivity contribution in [1.82, 2.24) is 15.1 Å². The van der Waals surface area contributed by atoms with Crippen LogP contribution in [0.3, 0.4) is 0 Å². The van der Waals surface area contributed by atoms with Gasteiger partial charge in [0.15, 0.2) is 0 Å². The quantitative estimate of drug-likeness (QED) is 0.869. The number of nitrogens with one attached hydrogen (secondary N) is 1. The van der Waals surface area contributed by atoms with Gasteiger partial charge in [0, 0.05) is 50.4 Å². The van der Waals surface area contributed by atoms with Gasteiger partial charge in [0.25, 0.3) is 0 Å². The molecule has 1 aromatic heterocycles. The summed E-state index contributed by atoms with van der Waals surface area (Å²) in [5, 5.41) is 3.53.